The Morgan fingerprint density at radius 2 is 2.29 bits per heavy atom. The summed E-state index contributed by atoms with van der Waals surface area (Å²) in [6, 6.07) is 2.49. The first-order chi connectivity index (χ1) is 6.74. The van der Waals surface area contributed by atoms with E-state index in [9.17, 15) is 0 Å². The summed E-state index contributed by atoms with van der Waals surface area (Å²) >= 11 is 0. The molecule has 0 aliphatic heterocycles. The van der Waals surface area contributed by atoms with Crippen LogP contribution >= 0.6 is 0 Å². The predicted octanol–water partition coefficient (Wildman–Crippen LogP) is 2.39. The highest BCUT2D eigenvalue weighted by Gasteiger charge is 2.21. The Hall–Kier alpha value is -1.12. The molecule has 0 aromatic carbocycles. The van der Waals surface area contributed by atoms with Crippen LogP contribution in [0.1, 0.15) is 31.9 Å². The predicted molar refractivity (Wildman–Crippen MR) is 57.2 cm³/mol. The van der Waals surface area contributed by atoms with Crippen molar-refractivity contribution in [2.45, 2.75) is 39.2 Å². The largest absolute Gasteiger partial charge is 0.351 e. The smallest absolute Gasteiger partial charge is 0.223 e. The molecule has 1 fully saturated rings. The Morgan fingerprint density at radius 1 is 1.43 bits per heavy atom. The maximum absolute atomic E-state index is 4.34. The molecule has 2 atom stereocenters. The van der Waals surface area contributed by atoms with Crippen molar-refractivity contribution in [3.8, 4) is 0 Å². The van der Waals surface area contributed by atoms with Crippen LogP contribution in [0.15, 0.2) is 12.3 Å². The lowest BCUT2D eigenvalue weighted by molar-refractivity contribution is 0.601. The molecule has 0 radical (unpaired) electrons. The van der Waals surface area contributed by atoms with Crippen molar-refractivity contribution in [2.24, 2.45) is 5.92 Å². The van der Waals surface area contributed by atoms with E-state index in [2.05, 4.69) is 22.2 Å². The fourth-order valence-electron chi connectivity index (χ4n) is 2.04. The molecule has 0 saturated heterocycles. The van der Waals surface area contributed by atoms with Crippen LogP contribution in [0.2, 0.25) is 0 Å². The average Bonchev–Trinajstić information content (AvgIpc) is 2.51. The number of nitrogens with one attached hydrogen (secondary N) is 1. The zero-order chi connectivity index (χ0) is 9.97. The van der Waals surface area contributed by atoms with Gasteiger partial charge in [-0.25, -0.2) is 9.97 Å². The van der Waals surface area contributed by atoms with Gasteiger partial charge >= 0.3 is 0 Å². The number of aromatic nitrogens is 2. The number of hydrogen-bond donors (Lipinski definition) is 1. The lowest BCUT2D eigenvalue weighted by Crippen LogP contribution is -2.17. The molecule has 2 rings (SSSR count). The molecule has 1 aromatic heterocycles. The van der Waals surface area contributed by atoms with E-state index >= 15 is 0 Å². The van der Waals surface area contributed by atoms with E-state index < -0.39 is 0 Å². The molecule has 1 heterocycles. The fraction of sp³-hybridized carbons (Fsp3) is 0.636. The Bertz CT molecular complexity index is 311. The molecule has 0 amide bonds. The third-order valence-corrected chi connectivity index (χ3v) is 2.82. The number of rotatable bonds is 2. The van der Waals surface area contributed by atoms with E-state index in [4.69, 9.17) is 0 Å². The Kier molecular flexibility index (Phi) is 2.66. The van der Waals surface area contributed by atoms with E-state index in [0.717, 1.165) is 17.6 Å². The number of hydrogen-bond acceptors (Lipinski definition) is 3. The van der Waals surface area contributed by atoms with Gasteiger partial charge in [-0.05, 0) is 38.2 Å². The minimum atomic E-state index is 0.576. The van der Waals surface area contributed by atoms with Crippen LogP contribution in [-0.2, 0) is 0 Å². The lowest BCUT2D eigenvalue weighted by atomic mass is 10.1. The van der Waals surface area contributed by atoms with Crippen LogP contribution in [0.25, 0.3) is 0 Å². The standard InChI is InChI=1S/C11H17N3/c1-8-3-4-10(7-8)14-11-12-6-5-9(2)13-11/h5-6,8,10H,3-4,7H2,1-2H3,(H,12,13,14). The maximum Gasteiger partial charge on any atom is 0.223 e. The molecule has 0 spiro atoms. The molecule has 3 nitrogen and oxygen atoms in total. The number of nitrogens with zero attached hydrogens (tertiary/aromatic N) is 2. The highest BCUT2D eigenvalue weighted by molar-refractivity contribution is 5.26. The van der Waals surface area contributed by atoms with Gasteiger partial charge in [0, 0.05) is 17.9 Å². The van der Waals surface area contributed by atoms with Gasteiger partial charge in [0.15, 0.2) is 0 Å². The van der Waals surface area contributed by atoms with E-state index in [1.165, 1.54) is 19.3 Å². The van der Waals surface area contributed by atoms with Crippen molar-refractivity contribution >= 4 is 5.95 Å². The monoisotopic (exact) mass is 191 g/mol. The number of anilines is 1. The molecule has 0 bridgehead atoms. The summed E-state index contributed by atoms with van der Waals surface area (Å²) in [7, 11) is 0. The topological polar surface area (TPSA) is 37.8 Å². The minimum absolute atomic E-state index is 0.576. The van der Waals surface area contributed by atoms with Crippen molar-refractivity contribution < 1.29 is 0 Å². The molecular formula is C11H17N3. The maximum atomic E-state index is 4.34. The molecule has 2 unspecified atom stereocenters. The highest BCUT2D eigenvalue weighted by atomic mass is 15.1. The average molecular weight is 191 g/mol. The lowest BCUT2D eigenvalue weighted by Gasteiger charge is -2.11. The first-order valence-corrected chi connectivity index (χ1v) is 5.30. The van der Waals surface area contributed by atoms with Crippen molar-refractivity contribution in [1.82, 2.24) is 9.97 Å². The van der Waals surface area contributed by atoms with Gasteiger partial charge in [-0.3, -0.25) is 0 Å². The van der Waals surface area contributed by atoms with Gasteiger partial charge in [-0.15, -0.1) is 0 Å². The highest BCUT2D eigenvalue weighted by Crippen LogP contribution is 2.26. The van der Waals surface area contributed by atoms with Gasteiger partial charge in [0.1, 0.15) is 0 Å². The van der Waals surface area contributed by atoms with Gasteiger partial charge in [0.05, 0.1) is 0 Å². The van der Waals surface area contributed by atoms with Crippen LogP contribution in [-0.4, -0.2) is 16.0 Å². The summed E-state index contributed by atoms with van der Waals surface area (Å²) < 4.78 is 0. The molecule has 1 saturated carbocycles. The summed E-state index contributed by atoms with van der Waals surface area (Å²) in [5.74, 6) is 1.63. The number of aryl methyl sites for hydroxylation is 1. The van der Waals surface area contributed by atoms with E-state index in [0.29, 0.717) is 6.04 Å². The quantitative estimate of drug-likeness (QED) is 0.780. The molecule has 76 valence electrons. The first-order valence-electron chi connectivity index (χ1n) is 5.30. The van der Waals surface area contributed by atoms with Gasteiger partial charge in [-0.2, -0.15) is 0 Å². The molecule has 14 heavy (non-hydrogen) atoms. The van der Waals surface area contributed by atoms with Crippen molar-refractivity contribution in [3.63, 3.8) is 0 Å². The van der Waals surface area contributed by atoms with Crippen molar-refractivity contribution in [2.75, 3.05) is 5.32 Å². The van der Waals surface area contributed by atoms with Crippen LogP contribution in [0.4, 0.5) is 5.95 Å². The van der Waals surface area contributed by atoms with E-state index in [1.807, 2.05) is 19.2 Å². The third-order valence-electron chi connectivity index (χ3n) is 2.82. The Labute approximate surface area is 85.0 Å². The zero-order valence-electron chi connectivity index (χ0n) is 8.83. The third kappa shape index (κ3) is 2.22. The van der Waals surface area contributed by atoms with Crippen molar-refractivity contribution in [3.05, 3.63) is 18.0 Å². The van der Waals surface area contributed by atoms with Crippen LogP contribution in [0.5, 0.6) is 0 Å². The molecule has 1 aliphatic carbocycles. The minimum Gasteiger partial charge on any atom is -0.351 e. The summed E-state index contributed by atoms with van der Waals surface area (Å²) in [6.45, 7) is 4.29. The summed E-state index contributed by atoms with van der Waals surface area (Å²) in [4.78, 5) is 8.55. The van der Waals surface area contributed by atoms with E-state index in [1.54, 1.807) is 0 Å². The molecular weight excluding hydrogens is 174 g/mol. The van der Waals surface area contributed by atoms with Gasteiger partial charge < -0.3 is 5.32 Å². The second-order valence-electron chi connectivity index (χ2n) is 4.28. The molecule has 1 aliphatic rings. The molecule has 1 N–H and O–H groups in total. The van der Waals surface area contributed by atoms with Crippen molar-refractivity contribution in [1.29, 1.82) is 0 Å². The van der Waals surface area contributed by atoms with Gasteiger partial charge in [0.25, 0.3) is 0 Å². The Balaban J connectivity index is 1.97. The van der Waals surface area contributed by atoms with Crippen LogP contribution < -0.4 is 5.32 Å². The Morgan fingerprint density at radius 3 is 2.93 bits per heavy atom. The fourth-order valence-corrected chi connectivity index (χ4v) is 2.04. The second kappa shape index (κ2) is 3.95. The normalized spacial score (nSPS) is 26.4. The summed E-state index contributed by atoms with van der Waals surface area (Å²) in [5.41, 5.74) is 1.02. The first kappa shape index (κ1) is 9.44. The second-order valence-corrected chi connectivity index (χ2v) is 4.28. The van der Waals surface area contributed by atoms with Gasteiger partial charge in [0.2, 0.25) is 5.95 Å². The summed E-state index contributed by atoms with van der Waals surface area (Å²) in [6.07, 6.45) is 5.63. The summed E-state index contributed by atoms with van der Waals surface area (Å²) in [5, 5.41) is 3.39. The van der Waals surface area contributed by atoms with E-state index in [-0.39, 0.29) is 0 Å². The molecule has 3 heteroatoms. The van der Waals surface area contributed by atoms with Gasteiger partial charge in [-0.1, -0.05) is 6.92 Å². The SMILES string of the molecule is Cc1ccnc(NC2CCC(C)C2)n1. The zero-order valence-corrected chi connectivity index (χ0v) is 8.83. The molecule has 1 aromatic rings. The van der Waals surface area contributed by atoms with Crippen LogP contribution in [0, 0.1) is 12.8 Å². The van der Waals surface area contributed by atoms with Crippen LogP contribution in [0.3, 0.4) is 0 Å².